The summed E-state index contributed by atoms with van der Waals surface area (Å²) in [7, 11) is 0. The fourth-order valence-electron chi connectivity index (χ4n) is 3.55. The van der Waals surface area contributed by atoms with Crippen molar-refractivity contribution in [3.8, 4) is 0 Å². The molecule has 0 radical (unpaired) electrons. The molecule has 2 aliphatic rings. The first-order valence-electron chi connectivity index (χ1n) is 8.87. The third-order valence-electron chi connectivity index (χ3n) is 4.95. The molecule has 0 bridgehead atoms. The lowest BCUT2D eigenvalue weighted by atomic mass is 10.1. The lowest BCUT2D eigenvalue weighted by molar-refractivity contribution is 0.572. The number of hydrogen-bond donors (Lipinski definition) is 0. The van der Waals surface area contributed by atoms with E-state index in [1.807, 2.05) is 12.4 Å². The van der Waals surface area contributed by atoms with Crippen molar-refractivity contribution in [3.63, 3.8) is 0 Å². The van der Waals surface area contributed by atoms with Gasteiger partial charge in [0.2, 0.25) is 0 Å². The molecule has 4 heterocycles. The fraction of sp³-hybridized carbons (Fsp3) is 0.500. The van der Waals surface area contributed by atoms with E-state index in [0.717, 1.165) is 50.9 Å². The number of piperazine rings is 1. The van der Waals surface area contributed by atoms with Gasteiger partial charge in [-0.1, -0.05) is 0 Å². The Bertz CT molecular complexity index is 648. The summed E-state index contributed by atoms with van der Waals surface area (Å²) < 4.78 is 0. The first kappa shape index (κ1) is 15.2. The van der Waals surface area contributed by atoms with E-state index < -0.39 is 0 Å². The summed E-state index contributed by atoms with van der Waals surface area (Å²) in [6.07, 6.45) is 9.31. The molecule has 2 fully saturated rings. The van der Waals surface area contributed by atoms with Crippen molar-refractivity contribution >= 4 is 17.3 Å². The summed E-state index contributed by atoms with van der Waals surface area (Å²) in [4.78, 5) is 20.3. The van der Waals surface area contributed by atoms with E-state index in [9.17, 15) is 0 Å². The van der Waals surface area contributed by atoms with E-state index >= 15 is 0 Å². The summed E-state index contributed by atoms with van der Waals surface area (Å²) in [5.41, 5.74) is 1.25. The number of pyridine rings is 1. The van der Waals surface area contributed by atoms with Crippen LogP contribution in [0.1, 0.15) is 19.3 Å². The minimum atomic E-state index is 0.985. The molecule has 4 rings (SSSR count). The van der Waals surface area contributed by atoms with Gasteiger partial charge in [-0.2, -0.15) is 0 Å². The van der Waals surface area contributed by atoms with Crippen molar-refractivity contribution in [1.82, 2.24) is 15.0 Å². The van der Waals surface area contributed by atoms with Crippen LogP contribution in [0.5, 0.6) is 0 Å². The first-order valence-corrected chi connectivity index (χ1v) is 8.87. The van der Waals surface area contributed by atoms with Gasteiger partial charge in [-0.05, 0) is 31.4 Å². The zero-order valence-corrected chi connectivity index (χ0v) is 14.0. The van der Waals surface area contributed by atoms with Crippen LogP contribution < -0.4 is 14.7 Å². The zero-order chi connectivity index (χ0) is 16.2. The Morgan fingerprint density at radius 3 is 1.92 bits per heavy atom. The smallest absolute Gasteiger partial charge is 0.134 e. The van der Waals surface area contributed by atoms with Crippen LogP contribution in [0.2, 0.25) is 0 Å². The average Bonchev–Trinajstić information content (AvgIpc) is 2.70. The number of aromatic nitrogens is 3. The molecule has 0 unspecified atom stereocenters. The third-order valence-corrected chi connectivity index (χ3v) is 4.95. The Balaban J connectivity index is 1.42. The minimum Gasteiger partial charge on any atom is -0.368 e. The predicted octanol–water partition coefficient (Wildman–Crippen LogP) is 2.19. The highest BCUT2D eigenvalue weighted by Crippen LogP contribution is 2.23. The van der Waals surface area contributed by atoms with Crippen LogP contribution in [-0.4, -0.2) is 54.2 Å². The number of piperidine rings is 1. The molecule has 126 valence electrons. The van der Waals surface area contributed by atoms with Gasteiger partial charge in [-0.3, -0.25) is 4.98 Å². The molecule has 0 N–H and O–H groups in total. The van der Waals surface area contributed by atoms with Crippen LogP contribution in [0.25, 0.3) is 0 Å². The molecule has 0 atom stereocenters. The van der Waals surface area contributed by atoms with Gasteiger partial charge in [0.1, 0.15) is 18.0 Å². The molecule has 6 nitrogen and oxygen atoms in total. The van der Waals surface area contributed by atoms with Crippen molar-refractivity contribution in [3.05, 3.63) is 36.9 Å². The Morgan fingerprint density at radius 1 is 0.667 bits per heavy atom. The summed E-state index contributed by atoms with van der Waals surface area (Å²) in [5.74, 6) is 2.14. The molecule has 24 heavy (non-hydrogen) atoms. The summed E-state index contributed by atoms with van der Waals surface area (Å²) in [5, 5.41) is 0. The highest BCUT2D eigenvalue weighted by molar-refractivity contribution is 5.52. The lowest BCUT2D eigenvalue weighted by Crippen LogP contribution is -2.47. The predicted molar refractivity (Wildman–Crippen MR) is 96.8 cm³/mol. The van der Waals surface area contributed by atoms with E-state index in [-0.39, 0.29) is 0 Å². The highest BCUT2D eigenvalue weighted by Gasteiger charge is 2.20. The van der Waals surface area contributed by atoms with E-state index in [1.54, 1.807) is 6.33 Å². The van der Waals surface area contributed by atoms with Crippen LogP contribution in [0, 0.1) is 0 Å². The monoisotopic (exact) mass is 324 g/mol. The van der Waals surface area contributed by atoms with Crippen LogP contribution >= 0.6 is 0 Å². The molecule has 0 saturated carbocycles. The maximum atomic E-state index is 4.52. The van der Waals surface area contributed by atoms with Crippen LogP contribution in [0.15, 0.2) is 36.9 Å². The van der Waals surface area contributed by atoms with Gasteiger partial charge in [-0.15, -0.1) is 0 Å². The van der Waals surface area contributed by atoms with Gasteiger partial charge >= 0.3 is 0 Å². The molecule has 0 aromatic carbocycles. The van der Waals surface area contributed by atoms with Gasteiger partial charge in [-0.25, -0.2) is 9.97 Å². The normalized spacial score (nSPS) is 18.8. The summed E-state index contributed by atoms with van der Waals surface area (Å²) >= 11 is 0. The van der Waals surface area contributed by atoms with Crippen molar-refractivity contribution < 1.29 is 0 Å². The Labute approximate surface area is 143 Å². The molecule has 6 heteroatoms. The maximum Gasteiger partial charge on any atom is 0.134 e. The first-order chi connectivity index (χ1) is 11.9. The molecule has 2 aliphatic heterocycles. The van der Waals surface area contributed by atoms with Crippen molar-refractivity contribution in [2.24, 2.45) is 0 Å². The minimum absolute atomic E-state index is 0.985. The Kier molecular flexibility index (Phi) is 4.44. The molecule has 0 spiro atoms. The molecule has 0 aliphatic carbocycles. The average molecular weight is 324 g/mol. The standard InChI is InChI=1S/C18H24N6/c1-2-8-23(9-3-1)17-14-18(21-15-20-17)24-12-10-22(11-13-24)16-4-6-19-7-5-16/h4-7,14-15H,1-3,8-13H2. The van der Waals surface area contributed by atoms with Crippen molar-refractivity contribution in [2.45, 2.75) is 19.3 Å². The van der Waals surface area contributed by atoms with Gasteiger partial charge < -0.3 is 14.7 Å². The number of nitrogens with zero attached hydrogens (tertiary/aromatic N) is 6. The Morgan fingerprint density at radius 2 is 1.25 bits per heavy atom. The molecule has 2 saturated heterocycles. The van der Waals surface area contributed by atoms with Crippen molar-refractivity contribution in [2.75, 3.05) is 54.0 Å². The van der Waals surface area contributed by atoms with E-state index in [1.165, 1.54) is 24.9 Å². The van der Waals surface area contributed by atoms with Gasteiger partial charge in [0.25, 0.3) is 0 Å². The molecule has 2 aromatic heterocycles. The molecule has 0 amide bonds. The highest BCUT2D eigenvalue weighted by atomic mass is 15.3. The van der Waals surface area contributed by atoms with E-state index in [4.69, 9.17) is 0 Å². The quantitative estimate of drug-likeness (QED) is 0.862. The second-order valence-corrected chi connectivity index (χ2v) is 6.46. The third kappa shape index (κ3) is 3.27. The fourth-order valence-corrected chi connectivity index (χ4v) is 3.55. The molecular formula is C18H24N6. The van der Waals surface area contributed by atoms with Gasteiger partial charge in [0, 0.05) is 63.4 Å². The number of hydrogen-bond acceptors (Lipinski definition) is 6. The Hall–Kier alpha value is -2.37. The summed E-state index contributed by atoms with van der Waals surface area (Å²) in [6, 6.07) is 6.32. The zero-order valence-electron chi connectivity index (χ0n) is 14.0. The maximum absolute atomic E-state index is 4.52. The van der Waals surface area contributed by atoms with Crippen molar-refractivity contribution in [1.29, 1.82) is 0 Å². The second-order valence-electron chi connectivity index (χ2n) is 6.46. The lowest BCUT2D eigenvalue weighted by Gasteiger charge is -2.37. The second kappa shape index (κ2) is 7.03. The van der Waals surface area contributed by atoms with Crippen LogP contribution in [0.4, 0.5) is 17.3 Å². The van der Waals surface area contributed by atoms with E-state index in [2.05, 4.69) is 47.9 Å². The van der Waals surface area contributed by atoms with E-state index in [0.29, 0.717) is 0 Å². The molecule has 2 aromatic rings. The van der Waals surface area contributed by atoms with Crippen LogP contribution in [0.3, 0.4) is 0 Å². The number of anilines is 3. The molecular weight excluding hydrogens is 300 g/mol. The van der Waals surface area contributed by atoms with Gasteiger partial charge in [0.15, 0.2) is 0 Å². The topological polar surface area (TPSA) is 48.4 Å². The van der Waals surface area contributed by atoms with Crippen LogP contribution in [-0.2, 0) is 0 Å². The SMILES string of the molecule is c1cc(N2CCN(c3cc(N4CCCCC4)ncn3)CC2)ccn1. The van der Waals surface area contributed by atoms with Gasteiger partial charge in [0.05, 0.1) is 0 Å². The summed E-state index contributed by atoms with van der Waals surface area (Å²) in [6.45, 7) is 6.22. The number of rotatable bonds is 3. The largest absolute Gasteiger partial charge is 0.368 e.